The second-order valence-corrected chi connectivity index (χ2v) is 10.1. The highest BCUT2D eigenvalue weighted by atomic mass is 15.3. The molecule has 0 spiro atoms. The highest BCUT2D eigenvalue weighted by Crippen LogP contribution is 2.33. The van der Waals surface area contributed by atoms with Crippen molar-refractivity contribution in [2.24, 2.45) is 0 Å². The predicted octanol–water partition coefficient (Wildman–Crippen LogP) is 3.16. The zero-order chi connectivity index (χ0) is 28.1. The minimum absolute atomic E-state index is 0.598. The minimum atomic E-state index is 0.598. The zero-order valence-electron chi connectivity index (χ0n) is 23.0. The van der Waals surface area contributed by atoms with Gasteiger partial charge in [-0.3, -0.25) is 28.1 Å². The van der Waals surface area contributed by atoms with Gasteiger partial charge in [-0.15, -0.1) is 0 Å². The molecule has 0 fully saturated rings. The van der Waals surface area contributed by atoms with Gasteiger partial charge in [-0.1, -0.05) is 0 Å². The van der Waals surface area contributed by atoms with Crippen LogP contribution in [-0.4, -0.2) is 58.7 Å². The predicted molar refractivity (Wildman–Crippen MR) is 154 cm³/mol. The van der Waals surface area contributed by atoms with Gasteiger partial charge in [0.1, 0.15) is 0 Å². The summed E-state index contributed by atoms with van der Waals surface area (Å²) in [7, 11) is 0. The van der Waals surface area contributed by atoms with E-state index in [1.54, 1.807) is 0 Å². The van der Waals surface area contributed by atoms with Crippen LogP contribution in [0.1, 0.15) is 33.4 Å². The van der Waals surface area contributed by atoms with E-state index >= 15 is 0 Å². The molecule has 0 unspecified atom stereocenters. The molecule has 0 radical (unpaired) electrons. The Morgan fingerprint density at radius 3 is 0.571 bits per heavy atom. The van der Waals surface area contributed by atoms with Gasteiger partial charge >= 0.3 is 0 Å². The Balaban J connectivity index is 1.53. The van der Waals surface area contributed by atoms with Gasteiger partial charge in [-0.25, -0.2) is 0 Å². The van der Waals surface area contributed by atoms with Crippen molar-refractivity contribution in [2.75, 3.05) is 0 Å². The third-order valence-corrected chi connectivity index (χ3v) is 7.46. The molecule has 210 valence electrons. The quantitative estimate of drug-likeness (QED) is 0.228. The van der Waals surface area contributed by atoms with Gasteiger partial charge in [0.25, 0.3) is 0 Å². The summed E-state index contributed by atoms with van der Waals surface area (Å²) in [6.45, 7) is 3.59. The van der Waals surface area contributed by atoms with E-state index in [4.69, 9.17) is 0 Å². The van der Waals surface area contributed by atoms with Gasteiger partial charge in [-0.2, -0.15) is 30.6 Å². The van der Waals surface area contributed by atoms with Crippen molar-refractivity contribution in [3.8, 4) is 0 Å². The molecule has 0 amide bonds. The van der Waals surface area contributed by atoms with E-state index in [1.165, 1.54) is 33.4 Å². The first-order valence-electron chi connectivity index (χ1n) is 13.8. The van der Waals surface area contributed by atoms with Crippen molar-refractivity contribution in [2.45, 2.75) is 39.3 Å². The molecule has 42 heavy (non-hydrogen) atoms. The van der Waals surface area contributed by atoms with E-state index in [-0.39, 0.29) is 0 Å². The summed E-state index contributed by atoms with van der Waals surface area (Å²) in [6, 6.07) is 11.8. The lowest BCUT2D eigenvalue weighted by Crippen LogP contribution is -2.23. The number of rotatable bonds is 12. The lowest BCUT2D eigenvalue weighted by molar-refractivity contribution is 0.586. The number of hydrogen-bond acceptors (Lipinski definition) is 6. The monoisotopic (exact) mass is 558 g/mol. The van der Waals surface area contributed by atoms with Crippen molar-refractivity contribution < 1.29 is 0 Å². The average molecular weight is 559 g/mol. The van der Waals surface area contributed by atoms with Crippen LogP contribution in [0.25, 0.3) is 0 Å². The van der Waals surface area contributed by atoms with E-state index in [9.17, 15) is 0 Å². The van der Waals surface area contributed by atoms with Crippen LogP contribution in [0.4, 0.5) is 0 Å². The fraction of sp³-hybridized carbons (Fsp3) is 0.200. The van der Waals surface area contributed by atoms with Crippen LogP contribution in [0.2, 0.25) is 0 Å². The topological polar surface area (TPSA) is 107 Å². The lowest BCUT2D eigenvalue weighted by atomic mass is 9.85. The molecular formula is C30H30N12. The molecule has 0 aliphatic heterocycles. The summed E-state index contributed by atoms with van der Waals surface area (Å²) in [5.41, 5.74) is 7.16. The highest BCUT2D eigenvalue weighted by molar-refractivity contribution is 5.53. The Morgan fingerprint density at radius 1 is 0.286 bits per heavy atom. The van der Waals surface area contributed by atoms with Gasteiger partial charge in [0, 0.05) is 74.4 Å². The maximum Gasteiger partial charge on any atom is 0.0666 e. The van der Waals surface area contributed by atoms with Crippen LogP contribution in [0.3, 0.4) is 0 Å². The molecule has 6 heterocycles. The fourth-order valence-corrected chi connectivity index (χ4v) is 5.57. The summed E-state index contributed by atoms with van der Waals surface area (Å²) in [5, 5.41) is 27.6. The second-order valence-electron chi connectivity index (χ2n) is 10.1. The fourth-order valence-electron chi connectivity index (χ4n) is 5.57. The lowest BCUT2D eigenvalue weighted by Gasteiger charge is -2.27. The van der Waals surface area contributed by atoms with E-state index in [0.29, 0.717) is 39.3 Å². The normalized spacial score (nSPS) is 11.4. The second kappa shape index (κ2) is 11.5. The Labute approximate surface area is 242 Å². The summed E-state index contributed by atoms with van der Waals surface area (Å²) in [5.74, 6) is 0. The van der Waals surface area contributed by atoms with Crippen LogP contribution in [0.5, 0.6) is 0 Å². The largest absolute Gasteiger partial charge is 0.268 e. The highest BCUT2D eigenvalue weighted by Gasteiger charge is 2.26. The first-order chi connectivity index (χ1) is 20.8. The van der Waals surface area contributed by atoms with Crippen molar-refractivity contribution in [1.29, 1.82) is 0 Å². The molecular weight excluding hydrogens is 528 g/mol. The standard InChI is InChI=1S/C30H30N12/c1-7-31-37(13-1)19-25-26(20-38-14-2-8-32-38)28(22-40-16-4-10-34-40)30(24-42-18-6-12-36-42)29(23-41-17-5-11-35-41)27(25)21-39-15-3-9-33-39/h1-18H,19-24H2. The SMILES string of the molecule is c1cnn(Cc2c(Cn3cccn3)c(Cn3cccn3)c(Cn3cccn3)c(Cn3cccn3)c2Cn2cccn2)c1. The van der Waals surface area contributed by atoms with Crippen LogP contribution in [0, 0.1) is 0 Å². The maximum atomic E-state index is 4.60. The Bertz CT molecular complexity index is 1420. The van der Waals surface area contributed by atoms with Gasteiger partial charge in [-0.05, 0) is 69.8 Å². The third-order valence-electron chi connectivity index (χ3n) is 7.46. The number of benzene rings is 1. The summed E-state index contributed by atoms with van der Waals surface area (Å²) >= 11 is 0. The number of nitrogens with zero attached hydrogens (tertiary/aromatic N) is 12. The maximum absolute atomic E-state index is 4.60. The van der Waals surface area contributed by atoms with Crippen molar-refractivity contribution in [3.05, 3.63) is 144 Å². The summed E-state index contributed by atoms with van der Waals surface area (Å²) < 4.78 is 11.9. The van der Waals surface area contributed by atoms with E-state index in [2.05, 4.69) is 30.6 Å². The summed E-state index contributed by atoms with van der Waals surface area (Å²) in [6.07, 6.45) is 23.0. The first-order valence-corrected chi connectivity index (χ1v) is 13.8. The van der Waals surface area contributed by atoms with Crippen LogP contribution >= 0.6 is 0 Å². The van der Waals surface area contributed by atoms with Crippen molar-refractivity contribution in [3.63, 3.8) is 0 Å². The summed E-state index contributed by atoms with van der Waals surface area (Å²) in [4.78, 5) is 0. The molecule has 7 aromatic rings. The first kappa shape index (κ1) is 25.4. The molecule has 0 saturated heterocycles. The molecule has 0 bridgehead atoms. The molecule has 6 aromatic heterocycles. The average Bonchev–Trinajstić information content (AvgIpc) is 3.85. The molecule has 0 atom stereocenters. The molecule has 0 saturated carbocycles. The Hall–Kier alpha value is -5.52. The van der Waals surface area contributed by atoms with Crippen LogP contribution in [-0.2, 0) is 39.3 Å². The van der Waals surface area contributed by atoms with E-state index < -0.39 is 0 Å². The Kier molecular flexibility index (Phi) is 6.99. The Morgan fingerprint density at radius 2 is 0.452 bits per heavy atom. The van der Waals surface area contributed by atoms with Gasteiger partial charge in [0.15, 0.2) is 0 Å². The third kappa shape index (κ3) is 5.42. The van der Waals surface area contributed by atoms with Crippen LogP contribution < -0.4 is 0 Å². The van der Waals surface area contributed by atoms with E-state index in [0.717, 1.165) is 0 Å². The molecule has 0 aliphatic rings. The number of hydrogen-bond donors (Lipinski definition) is 0. The van der Waals surface area contributed by atoms with Gasteiger partial charge in [0.2, 0.25) is 0 Å². The molecule has 0 aliphatic carbocycles. The molecule has 1 aromatic carbocycles. The number of aromatic nitrogens is 12. The molecule has 7 rings (SSSR count). The van der Waals surface area contributed by atoms with Crippen molar-refractivity contribution >= 4 is 0 Å². The molecule has 12 nitrogen and oxygen atoms in total. The van der Waals surface area contributed by atoms with Crippen LogP contribution in [0.15, 0.2) is 111 Å². The smallest absolute Gasteiger partial charge is 0.0666 e. The minimum Gasteiger partial charge on any atom is -0.268 e. The molecule has 0 N–H and O–H groups in total. The van der Waals surface area contributed by atoms with Crippen molar-refractivity contribution in [1.82, 2.24) is 58.7 Å². The zero-order valence-corrected chi connectivity index (χ0v) is 23.0. The molecule has 12 heteroatoms. The van der Waals surface area contributed by atoms with E-state index in [1.807, 2.05) is 139 Å². The van der Waals surface area contributed by atoms with Gasteiger partial charge in [0.05, 0.1) is 39.3 Å². The van der Waals surface area contributed by atoms with Gasteiger partial charge < -0.3 is 0 Å².